The van der Waals surface area contributed by atoms with Gasteiger partial charge in [-0.3, -0.25) is 9.98 Å². The molecule has 0 N–H and O–H groups in total. The average Bonchev–Trinajstić information content (AvgIpc) is 2.15. The first-order chi connectivity index (χ1) is 3.97. The van der Waals surface area contributed by atoms with Crippen LogP contribution in [-0.4, -0.2) is 42.0 Å². The van der Waals surface area contributed by atoms with Crippen molar-refractivity contribution in [1.82, 2.24) is 0 Å². The van der Waals surface area contributed by atoms with Gasteiger partial charge in [0.15, 0.2) is 0 Å². The van der Waals surface area contributed by atoms with E-state index in [1.54, 1.807) is 12.4 Å². The molecular weight excluding hydrogens is 123 g/mol. The Labute approximate surface area is 75.4 Å². The molecule has 0 aromatic heterocycles. The summed E-state index contributed by atoms with van der Waals surface area (Å²) < 4.78 is 0. The summed E-state index contributed by atoms with van der Waals surface area (Å²) in [5.41, 5.74) is 1.98. The Morgan fingerprint density at radius 1 is 0.889 bits per heavy atom. The Balaban J connectivity index is 0.000000405. The summed E-state index contributed by atoms with van der Waals surface area (Å²) in [5.74, 6) is 0. The van der Waals surface area contributed by atoms with Gasteiger partial charge in [-0.15, -0.1) is 0 Å². The summed E-state index contributed by atoms with van der Waals surface area (Å²) >= 11 is 0. The minimum Gasteiger partial charge on any atom is -0.254 e. The van der Waals surface area contributed by atoms with Crippen LogP contribution in [0.5, 0.6) is 0 Å². The van der Waals surface area contributed by atoms with Crippen LogP contribution in [-0.2, 0) is 0 Å². The zero-order valence-corrected chi connectivity index (χ0v) is 7.20. The van der Waals surface area contributed by atoms with Gasteiger partial charge in [0.25, 0.3) is 0 Å². The Bertz CT molecular complexity index is 209. The predicted molar refractivity (Wildman–Crippen MR) is 38.9 cm³/mol. The van der Waals surface area contributed by atoms with E-state index in [1.807, 2.05) is 12.2 Å². The van der Waals surface area contributed by atoms with Crippen LogP contribution in [0.1, 0.15) is 0 Å². The first kappa shape index (κ1) is 6.93. The molecule has 2 heterocycles. The van der Waals surface area contributed by atoms with Crippen molar-refractivity contribution in [2.24, 2.45) is 9.98 Å². The average molecular weight is 127 g/mol. The van der Waals surface area contributed by atoms with E-state index >= 15 is 0 Å². The molecule has 39 valence electrons. The topological polar surface area (TPSA) is 24.7 Å². The molecule has 2 aliphatic heterocycles. The number of hydrogen-bond donors (Lipinski definition) is 0. The van der Waals surface area contributed by atoms with Crippen molar-refractivity contribution in [1.29, 1.82) is 0 Å². The van der Waals surface area contributed by atoms with Gasteiger partial charge in [-0.05, 0) is 12.2 Å². The third kappa shape index (κ3) is 1.06. The van der Waals surface area contributed by atoms with Crippen LogP contribution in [0.3, 0.4) is 0 Å². The Morgan fingerprint density at radius 3 is 1.78 bits per heavy atom. The van der Waals surface area contributed by atoms with Crippen LogP contribution in [0, 0.1) is 0 Å². The van der Waals surface area contributed by atoms with Gasteiger partial charge in [0.2, 0.25) is 0 Å². The number of hydrogen-bond acceptors (Lipinski definition) is 2. The summed E-state index contributed by atoms with van der Waals surface area (Å²) in [4.78, 5) is 8.03. The normalized spacial score (nSPS) is 18.7. The largest absolute Gasteiger partial charge is 0.254 e. The van der Waals surface area contributed by atoms with Gasteiger partial charge in [-0.25, -0.2) is 0 Å². The summed E-state index contributed by atoms with van der Waals surface area (Å²) in [7, 11) is 0. The molecule has 0 bridgehead atoms. The number of rotatable bonds is 0. The van der Waals surface area contributed by atoms with E-state index in [0.29, 0.717) is 0 Å². The van der Waals surface area contributed by atoms with Gasteiger partial charge in [-0.1, -0.05) is 0 Å². The number of fused-ring (bicyclic) bond motifs is 1. The predicted octanol–water partition coefficient (Wildman–Crippen LogP) is 0.542. The summed E-state index contributed by atoms with van der Waals surface area (Å²) in [6.45, 7) is 0. The SMILES string of the molecule is C1=NC2=CC=NC2=C1.[Na]. The summed E-state index contributed by atoms with van der Waals surface area (Å²) in [6.07, 6.45) is 7.32. The molecule has 0 aliphatic carbocycles. The fourth-order valence-electron chi connectivity index (χ4n) is 0.765. The molecule has 2 rings (SSSR count). The summed E-state index contributed by atoms with van der Waals surface area (Å²) in [6, 6.07) is 0. The van der Waals surface area contributed by atoms with Gasteiger partial charge < -0.3 is 0 Å². The van der Waals surface area contributed by atoms with Crippen LogP contribution in [0.15, 0.2) is 33.5 Å². The van der Waals surface area contributed by atoms with Crippen LogP contribution in [0.25, 0.3) is 0 Å². The van der Waals surface area contributed by atoms with Gasteiger partial charge in [-0.2, -0.15) is 0 Å². The van der Waals surface area contributed by atoms with Crippen molar-refractivity contribution in [3.05, 3.63) is 23.5 Å². The molecule has 2 aliphatic rings. The van der Waals surface area contributed by atoms with Gasteiger partial charge >= 0.3 is 0 Å². The van der Waals surface area contributed by atoms with Crippen molar-refractivity contribution in [2.45, 2.75) is 0 Å². The fraction of sp³-hybridized carbons (Fsp3) is 0. The molecular formula is C6H4N2Na. The molecule has 0 amide bonds. The van der Waals surface area contributed by atoms with Gasteiger partial charge in [0, 0.05) is 42.0 Å². The van der Waals surface area contributed by atoms with Crippen molar-refractivity contribution < 1.29 is 0 Å². The smallest absolute Gasteiger partial charge is 0.0901 e. The molecule has 0 aromatic rings. The van der Waals surface area contributed by atoms with Crippen molar-refractivity contribution in [2.75, 3.05) is 0 Å². The van der Waals surface area contributed by atoms with Crippen molar-refractivity contribution >= 4 is 42.0 Å². The fourth-order valence-corrected chi connectivity index (χ4v) is 0.765. The molecule has 3 heteroatoms. The Hall–Kier alpha value is -0.180. The van der Waals surface area contributed by atoms with Crippen LogP contribution >= 0.6 is 0 Å². The monoisotopic (exact) mass is 127 g/mol. The van der Waals surface area contributed by atoms with Crippen LogP contribution in [0.4, 0.5) is 0 Å². The molecule has 0 spiro atoms. The van der Waals surface area contributed by atoms with Crippen LogP contribution < -0.4 is 0 Å². The van der Waals surface area contributed by atoms with E-state index in [1.165, 1.54) is 0 Å². The standard InChI is InChI=1S/C6H4N2.Na/c1-3-7-6-2-4-8-5(1)6;/h1-4H;. The molecule has 0 atom stereocenters. The number of nitrogens with zero attached hydrogens (tertiary/aromatic N) is 2. The molecule has 1 radical (unpaired) electrons. The van der Waals surface area contributed by atoms with E-state index in [9.17, 15) is 0 Å². The first-order valence-electron chi connectivity index (χ1n) is 2.46. The molecule has 0 saturated heterocycles. The Morgan fingerprint density at radius 2 is 1.33 bits per heavy atom. The molecule has 0 fully saturated rings. The second-order valence-corrected chi connectivity index (χ2v) is 1.66. The minimum atomic E-state index is 0. The van der Waals surface area contributed by atoms with E-state index in [-0.39, 0.29) is 29.6 Å². The van der Waals surface area contributed by atoms with E-state index in [0.717, 1.165) is 11.4 Å². The maximum atomic E-state index is 4.02. The van der Waals surface area contributed by atoms with E-state index in [4.69, 9.17) is 0 Å². The van der Waals surface area contributed by atoms with Crippen molar-refractivity contribution in [3.8, 4) is 0 Å². The Kier molecular flexibility index (Phi) is 2.01. The van der Waals surface area contributed by atoms with E-state index < -0.39 is 0 Å². The maximum Gasteiger partial charge on any atom is 0.0901 e. The molecule has 0 aromatic carbocycles. The third-order valence-electron chi connectivity index (χ3n) is 1.15. The third-order valence-corrected chi connectivity index (χ3v) is 1.15. The zero-order chi connectivity index (χ0) is 5.40. The summed E-state index contributed by atoms with van der Waals surface area (Å²) in [5, 5.41) is 0. The number of aliphatic imine (C=N–C) groups is 2. The molecule has 2 nitrogen and oxygen atoms in total. The quantitative estimate of drug-likeness (QED) is 0.424. The molecule has 0 saturated carbocycles. The van der Waals surface area contributed by atoms with E-state index in [2.05, 4.69) is 9.98 Å². The zero-order valence-electron chi connectivity index (χ0n) is 5.20. The second kappa shape index (κ2) is 2.60. The molecule has 9 heavy (non-hydrogen) atoms. The van der Waals surface area contributed by atoms with Crippen molar-refractivity contribution in [3.63, 3.8) is 0 Å². The van der Waals surface area contributed by atoms with Gasteiger partial charge in [0.1, 0.15) is 0 Å². The maximum absolute atomic E-state index is 4.02. The first-order valence-corrected chi connectivity index (χ1v) is 2.46. The van der Waals surface area contributed by atoms with Gasteiger partial charge in [0.05, 0.1) is 11.4 Å². The molecule has 0 unspecified atom stereocenters. The van der Waals surface area contributed by atoms with Crippen LogP contribution in [0.2, 0.25) is 0 Å². The second-order valence-electron chi connectivity index (χ2n) is 1.66. The number of allylic oxidation sites excluding steroid dienone is 2. The minimum absolute atomic E-state index is 0.